The monoisotopic (exact) mass is 294 g/mol. The van der Waals surface area contributed by atoms with E-state index in [0.717, 1.165) is 0 Å². The highest BCUT2D eigenvalue weighted by Crippen LogP contribution is 2.32. The maximum Gasteiger partial charge on any atom is 0.422 e. The van der Waals surface area contributed by atoms with E-state index in [1.807, 2.05) is 0 Å². The van der Waals surface area contributed by atoms with Crippen LogP contribution in [0.1, 0.15) is 5.69 Å². The van der Waals surface area contributed by atoms with Crippen LogP contribution in [0.3, 0.4) is 0 Å². The van der Waals surface area contributed by atoms with Crippen molar-refractivity contribution >= 4 is 21.6 Å². The van der Waals surface area contributed by atoms with Gasteiger partial charge in [0, 0.05) is 11.5 Å². The van der Waals surface area contributed by atoms with Crippen LogP contribution in [0, 0.1) is 0 Å². The van der Waals surface area contributed by atoms with Crippen molar-refractivity contribution in [2.75, 3.05) is 6.61 Å². The molecule has 2 N–H and O–H groups in total. The van der Waals surface area contributed by atoms with E-state index in [4.69, 9.17) is 5.14 Å². The lowest BCUT2D eigenvalue weighted by molar-refractivity contribution is -0.153. The molecule has 0 aromatic carbocycles. The molecule has 1 aromatic rings. The molecule has 0 unspecified atom stereocenters. The zero-order valence-electron chi connectivity index (χ0n) is 7.99. The summed E-state index contributed by atoms with van der Waals surface area (Å²) in [6.45, 7) is -2.97. The second-order valence-electron chi connectivity index (χ2n) is 2.83. The van der Waals surface area contributed by atoms with Crippen molar-refractivity contribution < 1.29 is 30.7 Å². The molecule has 0 aliphatic rings. The number of aromatic nitrogens is 1. The summed E-state index contributed by atoms with van der Waals surface area (Å²) in [6, 6.07) is 0. The maximum absolute atomic E-state index is 12.4. The Hall–Kier alpha value is -0.940. The zero-order chi connectivity index (χ0) is 13.3. The van der Waals surface area contributed by atoms with E-state index in [1.54, 1.807) is 0 Å². The Labute approximate surface area is 97.4 Å². The molecule has 0 fully saturated rings. The van der Waals surface area contributed by atoms with E-state index in [9.17, 15) is 26.0 Å². The quantitative estimate of drug-likeness (QED) is 0.846. The highest BCUT2D eigenvalue weighted by atomic mass is 32.2. The summed E-state index contributed by atoms with van der Waals surface area (Å²) in [4.78, 5) is -0.839. The lowest BCUT2D eigenvalue weighted by Gasteiger charge is -2.08. The van der Waals surface area contributed by atoms with Gasteiger partial charge in [0.25, 0.3) is 0 Å². The van der Waals surface area contributed by atoms with Gasteiger partial charge in [-0.1, -0.05) is 0 Å². The summed E-state index contributed by atoms with van der Waals surface area (Å²) >= 11 is 0.297. The van der Waals surface area contributed by atoms with Crippen LogP contribution in [0.25, 0.3) is 0 Å². The van der Waals surface area contributed by atoms with Crippen LogP contribution in [0.5, 0.6) is 5.06 Å². The average Bonchev–Trinajstić information content (AvgIpc) is 2.55. The highest BCUT2D eigenvalue weighted by molar-refractivity contribution is 7.89. The smallest absolute Gasteiger partial charge is 0.422 e. The lowest BCUT2D eigenvalue weighted by Crippen LogP contribution is -2.21. The van der Waals surface area contributed by atoms with Gasteiger partial charge in [-0.3, -0.25) is 0 Å². The molecule has 1 heterocycles. The van der Waals surface area contributed by atoms with Crippen LogP contribution in [0.4, 0.5) is 17.6 Å². The molecule has 0 amide bonds. The van der Waals surface area contributed by atoms with Gasteiger partial charge in [-0.2, -0.15) is 17.5 Å². The molecular weight excluding hydrogens is 288 g/mol. The fourth-order valence-corrected chi connectivity index (χ4v) is 2.79. The summed E-state index contributed by atoms with van der Waals surface area (Å²) < 4.78 is 77.5. The average molecular weight is 294 g/mol. The normalized spacial score (nSPS) is 12.8. The van der Waals surface area contributed by atoms with Crippen LogP contribution in [-0.4, -0.2) is 25.6 Å². The molecule has 0 aliphatic carbocycles. The van der Waals surface area contributed by atoms with Gasteiger partial charge >= 0.3 is 6.18 Å². The third-order valence-corrected chi connectivity index (χ3v) is 3.38. The Bertz CT molecular complexity index is 496. The molecule has 11 heteroatoms. The molecular formula is C6H6F4N2O3S2. The first kappa shape index (κ1) is 14.1. The standard InChI is InChI=1S/C6H6F4N2O3S2/c7-1-3-4(17(11,13)14)5(16-12-3)15-2-6(8,9)10/h1-2H2,(H2,11,13,14). The van der Waals surface area contributed by atoms with Gasteiger partial charge in [0.1, 0.15) is 12.4 Å². The molecule has 0 aliphatic heterocycles. The molecule has 98 valence electrons. The second-order valence-corrected chi connectivity index (χ2v) is 5.06. The fourth-order valence-electron chi connectivity index (χ4n) is 0.902. The van der Waals surface area contributed by atoms with E-state index in [0.29, 0.717) is 11.5 Å². The Morgan fingerprint density at radius 3 is 2.41 bits per heavy atom. The largest absolute Gasteiger partial charge is 0.472 e. The molecule has 17 heavy (non-hydrogen) atoms. The number of alkyl halides is 4. The van der Waals surface area contributed by atoms with Gasteiger partial charge in [-0.25, -0.2) is 17.9 Å². The van der Waals surface area contributed by atoms with Gasteiger partial charge in [0.2, 0.25) is 15.1 Å². The van der Waals surface area contributed by atoms with Crippen LogP contribution >= 0.6 is 11.5 Å². The lowest BCUT2D eigenvalue weighted by atomic mass is 10.5. The minimum absolute atomic E-state index is 0.297. The van der Waals surface area contributed by atoms with Gasteiger partial charge in [0.05, 0.1) is 0 Å². The van der Waals surface area contributed by atoms with Crippen LogP contribution in [0.2, 0.25) is 0 Å². The molecule has 0 radical (unpaired) electrons. The first-order valence-corrected chi connectivity index (χ1v) is 6.24. The Morgan fingerprint density at radius 1 is 1.41 bits per heavy atom. The maximum atomic E-state index is 12.4. The van der Waals surface area contributed by atoms with Gasteiger partial charge in [0.15, 0.2) is 11.5 Å². The predicted octanol–water partition coefficient (Wildman–Crippen LogP) is 1.20. The number of primary sulfonamides is 1. The molecule has 5 nitrogen and oxygen atoms in total. The van der Waals surface area contributed by atoms with Crippen LogP contribution < -0.4 is 9.88 Å². The SMILES string of the molecule is NS(=O)(=O)c1c(CF)nsc1OCC(F)(F)F. The summed E-state index contributed by atoms with van der Waals surface area (Å²) in [5.74, 6) is 0. The van der Waals surface area contributed by atoms with Crippen LogP contribution in [-0.2, 0) is 16.7 Å². The van der Waals surface area contributed by atoms with Gasteiger partial charge < -0.3 is 4.74 Å². The van der Waals surface area contributed by atoms with Crippen molar-refractivity contribution in [3.8, 4) is 5.06 Å². The summed E-state index contributed by atoms with van der Waals surface area (Å²) in [5, 5.41) is 4.06. The van der Waals surface area contributed by atoms with Crippen molar-refractivity contribution in [1.29, 1.82) is 0 Å². The molecule has 0 atom stereocenters. The van der Waals surface area contributed by atoms with Gasteiger partial charge in [-0.15, -0.1) is 0 Å². The number of hydrogen-bond donors (Lipinski definition) is 1. The zero-order valence-corrected chi connectivity index (χ0v) is 9.62. The number of halogens is 4. The number of rotatable bonds is 4. The number of sulfonamides is 1. The highest BCUT2D eigenvalue weighted by Gasteiger charge is 2.31. The minimum Gasteiger partial charge on any atom is -0.472 e. The van der Waals surface area contributed by atoms with Crippen molar-refractivity contribution in [1.82, 2.24) is 4.37 Å². The van der Waals surface area contributed by atoms with E-state index >= 15 is 0 Å². The van der Waals surface area contributed by atoms with Gasteiger partial charge in [-0.05, 0) is 0 Å². The molecule has 1 rings (SSSR count). The van der Waals surface area contributed by atoms with E-state index in [1.165, 1.54) is 0 Å². The molecule has 0 saturated heterocycles. The van der Waals surface area contributed by atoms with Crippen molar-refractivity contribution in [2.45, 2.75) is 17.7 Å². The van der Waals surface area contributed by atoms with Crippen molar-refractivity contribution in [3.05, 3.63) is 5.69 Å². The number of nitrogens with zero attached hydrogens (tertiary/aromatic N) is 1. The number of ether oxygens (including phenoxy) is 1. The summed E-state index contributed by atoms with van der Waals surface area (Å²) in [6.07, 6.45) is -4.64. The second kappa shape index (κ2) is 4.74. The Balaban J connectivity index is 3.06. The van der Waals surface area contributed by atoms with Crippen LogP contribution in [0.15, 0.2) is 4.90 Å². The number of hydrogen-bond acceptors (Lipinski definition) is 5. The summed E-state index contributed by atoms with van der Waals surface area (Å²) in [7, 11) is -4.39. The third-order valence-electron chi connectivity index (χ3n) is 1.46. The Kier molecular flexibility index (Phi) is 3.94. The van der Waals surface area contributed by atoms with Crippen molar-refractivity contribution in [2.24, 2.45) is 5.14 Å². The fraction of sp³-hybridized carbons (Fsp3) is 0.500. The molecule has 0 bridgehead atoms. The topological polar surface area (TPSA) is 82.3 Å². The predicted molar refractivity (Wildman–Crippen MR) is 49.8 cm³/mol. The molecule has 0 saturated carbocycles. The molecule has 0 spiro atoms. The third kappa shape index (κ3) is 3.78. The van der Waals surface area contributed by atoms with E-state index in [-0.39, 0.29) is 0 Å². The van der Waals surface area contributed by atoms with E-state index in [2.05, 4.69) is 9.11 Å². The minimum atomic E-state index is -4.64. The molecule has 1 aromatic heterocycles. The first-order valence-electron chi connectivity index (χ1n) is 3.92. The van der Waals surface area contributed by atoms with E-state index < -0.39 is 45.1 Å². The van der Waals surface area contributed by atoms with Crippen molar-refractivity contribution in [3.63, 3.8) is 0 Å². The number of nitrogens with two attached hydrogens (primary N) is 1. The summed E-state index contributed by atoms with van der Waals surface area (Å²) in [5.41, 5.74) is -0.560. The first-order chi connectivity index (χ1) is 7.65. The Morgan fingerprint density at radius 2 is 2.00 bits per heavy atom.